The topological polar surface area (TPSA) is 34.1 Å². The van der Waals surface area contributed by atoms with E-state index in [4.69, 9.17) is 0 Å². The number of aryl methyl sites for hydroxylation is 3. The van der Waals surface area contributed by atoms with E-state index in [-0.39, 0.29) is 5.25 Å². The minimum Gasteiger partial charge on any atom is -0.229 e. The summed E-state index contributed by atoms with van der Waals surface area (Å²) in [6, 6.07) is 7.12. The highest BCUT2D eigenvalue weighted by Gasteiger charge is 2.28. The van der Waals surface area contributed by atoms with Crippen molar-refractivity contribution in [2.24, 2.45) is 11.8 Å². The Kier molecular flexibility index (Phi) is 6.82. The van der Waals surface area contributed by atoms with Crippen molar-refractivity contribution in [3.05, 3.63) is 34.9 Å². The van der Waals surface area contributed by atoms with Gasteiger partial charge in [-0.3, -0.25) is 0 Å². The third-order valence-electron chi connectivity index (χ3n) is 6.75. The highest BCUT2D eigenvalue weighted by Crippen LogP contribution is 2.33. The zero-order chi connectivity index (χ0) is 18.6. The van der Waals surface area contributed by atoms with Gasteiger partial charge in [0.1, 0.15) is 0 Å². The molecular formula is C23H36O2S. The molecule has 0 spiro atoms. The van der Waals surface area contributed by atoms with Crippen LogP contribution in [-0.4, -0.2) is 19.4 Å². The molecule has 146 valence electrons. The van der Waals surface area contributed by atoms with Crippen molar-refractivity contribution in [3.63, 3.8) is 0 Å². The quantitative estimate of drug-likeness (QED) is 0.599. The van der Waals surface area contributed by atoms with Gasteiger partial charge in [-0.05, 0) is 86.8 Å². The molecule has 3 heteroatoms. The predicted molar refractivity (Wildman–Crippen MR) is 110 cm³/mol. The van der Waals surface area contributed by atoms with Crippen molar-refractivity contribution < 1.29 is 8.42 Å². The fraction of sp³-hybridized carbons (Fsp3) is 0.739. The lowest BCUT2D eigenvalue weighted by Gasteiger charge is -2.29. The maximum Gasteiger partial charge on any atom is 0.153 e. The van der Waals surface area contributed by atoms with E-state index in [1.165, 1.54) is 50.5 Å². The Morgan fingerprint density at radius 1 is 1.04 bits per heavy atom. The van der Waals surface area contributed by atoms with Crippen LogP contribution >= 0.6 is 0 Å². The zero-order valence-electron chi connectivity index (χ0n) is 16.7. The molecular weight excluding hydrogens is 340 g/mol. The Morgan fingerprint density at radius 3 is 2.46 bits per heavy atom. The second-order valence-corrected chi connectivity index (χ2v) is 11.3. The van der Waals surface area contributed by atoms with E-state index in [1.807, 2.05) is 6.92 Å². The molecule has 1 fully saturated rings. The summed E-state index contributed by atoms with van der Waals surface area (Å²) in [6.07, 6.45) is 12.7. The van der Waals surface area contributed by atoms with Crippen molar-refractivity contribution in [1.29, 1.82) is 0 Å². The van der Waals surface area contributed by atoms with Crippen molar-refractivity contribution in [2.45, 2.75) is 89.7 Å². The number of hydrogen-bond donors (Lipinski definition) is 0. The Morgan fingerprint density at radius 2 is 1.73 bits per heavy atom. The number of rotatable bonds is 8. The maximum atomic E-state index is 12.5. The van der Waals surface area contributed by atoms with E-state index in [9.17, 15) is 8.42 Å². The molecule has 1 atom stereocenters. The third kappa shape index (κ3) is 5.12. The molecule has 2 aliphatic carbocycles. The van der Waals surface area contributed by atoms with Gasteiger partial charge >= 0.3 is 0 Å². The second-order valence-electron chi connectivity index (χ2n) is 8.81. The van der Waals surface area contributed by atoms with E-state index in [1.54, 1.807) is 11.1 Å². The normalized spacial score (nSPS) is 24.4. The lowest BCUT2D eigenvalue weighted by molar-refractivity contribution is 0.278. The lowest BCUT2D eigenvalue weighted by Crippen LogP contribution is -2.28. The van der Waals surface area contributed by atoms with Crippen LogP contribution in [0, 0.1) is 11.8 Å². The summed E-state index contributed by atoms with van der Waals surface area (Å²) in [5, 5.41) is -0.162. The van der Waals surface area contributed by atoms with Gasteiger partial charge in [-0.25, -0.2) is 8.42 Å². The van der Waals surface area contributed by atoms with E-state index < -0.39 is 9.84 Å². The van der Waals surface area contributed by atoms with Crippen molar-refractivity contribution >= 4 is 9.84 Å². The molecule has 2 nitrogen and oxygen atoms in total. The fourth-order valence-electron chi connectivity index (χ4n) is 4.92. The minimum absolute atomic E-state index is 0.162. The predicted octanol–water partition coefficient (Wildman–Crippen LogP) is 5.52. The summed E-state index contributed by atoms with van der Waals surface area (Å²) in [7, 11) is -2.90. The Labute approximate surface area is 160 Å². The SMILES string of the molecule is CCCC(C)S(=O)(=O)CC1CCC(CCc2ccc3c(c2)CCC3)CC1. The van der Waals surface area contributed by atoms with Crippen LogP contribution in [0.15, 0.2) is 18.2 Å². The van der Waals surface area contributed by atoms with Crippen LogP contribution in [0.4, 0.5) is 0 Å². The molecule has 0 N–H and O–H groups in total. The standard InChI is InChI=1S/C23H36O2S/c1-3-5-18(2)26(24,25)17-21-12-9-19(10-13-21)8-11-20-14-15-22-6-4-7-23(22)16-20/h14-16,18-19,21H,3-13,17H2,1-2H3. The van der Waals surface area contributed by atoms with Crippen LogP contribution in [0.3, 0.4) is 0 Å². The Hall–Kier alpha value is -0.830. The van der Waals surface area contributed by atoms with Crippen LogP contribution in [0.25, 0.3) is 0 Å². The summed E-state index contributed by atoms with van der Waals surface area (Å²) in [5.41, 5.74) is 4.65. The molecule has 2 aliphatic rings. The van der Waals surface area contributed by atoms with Gasteiger partial charge in [0.25, 0.3) is 0 Å². The van der Waals surface area contributed by atoms with Crippen LogP contribution in [0.1, 0.15) is 81.9 Å². The first-order valence-corrected chi connectivity index (χ1v) is 12.5. The molecule has 0 amide bonds. The maximum absolute atomic E-state index is 12.5. The first kappa shape index (κ1) is 19.9. The average molecular weight is 377 g/mol. The number of hydrogen-bond acceptors (Lipinski definition) is 2. The summed E-state index contributed by atoms with van der Waals surface area (Å²) >= 11 is 0. The molecule has 0 aromatic heterocycles. The summed E-state index contributed by atoms with van der Waals surface area (Å²) in [4.78, 5) is 0. The van der Waals surface area contributed by atoms with Crippen LogP contribution < -0.4 is 0 Å². The molecule has 1 aromatic rings. The largest absolute Gasteiger partial charge is 0.229 e. The first-order valence-electron chi connectivity index (χ1n) is 10.8. The fourth-order valence-corrected chi connectivity index (χ4v) is 6.83. The monoisotopic (exact) mass is 376 g/mol. The van der Waals surface area contributed by atoms with Crippen molar-refractivity contribution in [3.8, 4) is 0 Å². The van der Waals surface area contributed by atoms with Gasteiger partial charge in [-0.15, -0.1) is 0 Å². The zero-order valence-corrected chi connectivity index (χ0v) is 17.5. The highest BCUT2D eigenvalue weighted by atomic mass is 32.2. The van der Waals surface area contributed by atoms with Crippen LogP contribution in [0.5, 0.6) is 0 Å². The van der Waals surface area contributed by atoms with Gasteiger partial charge in [0.2, 0.25) is 0 Å². The van der Waals surface area contributed by atoms with Crippen molar-refractivity contribution in [1.82, 2.24) is 0 Å². The molecule has 0 radical (unpaired) electrons. The molecule has 0 aliphatic heterocycles. The van der Waals surface area contributed by atoms with E-state index in [0.717, 1.165) is 31.6 Å². The van der Waals surface area contributed by atoms with Gasteiger partial charge in [-0.1, -0.05) is 44.4 Å². The molecule has 0 heterocycles. The van der Waals surface area contributed by atoms with Gasteiger partial charge in [-0.2, -0.15) is 0 Å². The van der Waals surface area contributed by atoms with E-state index in [2.05, 4.69) is 25.1 Å². The number of sulfone groups is 1. The molecule has 1 saturated carbocycles. The van der Waals surface area contributed by atoms with Crippen LogP contribution in [0.2, 0.25) is 0 Å². The van der Waals surface area contributed by atoms with E-state index in [0.29, 0.717) is 11.7 Å². The Bertz CT molecular complexity index is 684. The summed E-state index contributed by atoms with van der Waals surface area (Å²) in [6.45, 7) is 3.96. The van der Waals surface area contributed by atoms with Crippen LogP contribution in [-0.2, 0) is 29.1 Å². The summed E-state index contributed by atoms with van der Waals surface area (Å²) in [5.74, 6) is 1.61. The van der Waals surface area contributed by atoms with Gasteiger partial charge in [0.05, 0.1) is 11.0 Å². The smallest absolute Gasteiger partial charge is 0.153 e. The lowest BCUT2D eigenvalue weighted by atomic mass is 9.80. The van der Waals surface area contributed by atoms with E-state index >= 15 is 0 Å². The third-order valence-corrected chi connectivity index (χ3v) is 9.14. The summed E-state index contributed by atoms with van der Waals surface area (Å²) < 4.78 is 24.9. The number of fused-ring (bicyclic) bond motifs is 1. The number of benzene rings is 1. The molecule has 26 heavy (non-hydrogen) atoms. The molecule has 0 bridgehead atoms. The van der Waals surface area contributed by atoms with Crippen molar-refractivity contribution in [2.75, 3.05) is 5.75 Å². The molecule has 1 aromatic carbocycles. The second kappa shape index (κ2) is 8.91. The van der Waals surface area contributed by atoms with Gasteiger partial charge in [0, 0.05) is 0 Å². The average Bonchev–Trinajstić information content (AvgIpc) is 3.09. The molecule has 0 saturated heterocycles. The minimum atomic E-state index is -2.90. The highest BCUT2D eigenvalue weighted by molar-refractivity contribution is 7.92. The first-order chi connectivity index (χ1) is 12.5. The Balaban J connectivity index is 1.42. The van der Waals surface area contributed by atoms with Gasteiger partial charge in [0.15, 0.2) is 9.84 Å². The molecule has 1 unspecified atom stereocenters. The molecule has 3 rings (SSSR count). The van der Waals surface area contributed by atoms with Gasteiger partial charge < -0.3 is 0 Å².